The van der Waals surface area contributed by atoms with E-state index < -0.39 is 0 Å². The van der Waals surface area contributed by atoms with E-state index in [1.54, 1.807) is 0 Å². The third-order valence-electron chi connectivity index (χ3n) is 2.60. The van der Waals surface area contributed by atoms with Gasteiger partial charge in [0, 0.05) is 18.6 Å². The Morgan fingerprint density at radius 2 is 1.92 bits per heavy atom. The maximum atomic E-state index is 2.54. The van der Waals surface area contributed by atoms with Crippen molar-refractivity contribution in [3.8, 4) is 0 Å². The van der Waals surface area contributed by atoms with Gasteiger partial charge in [0.15, 0.2) is 0 Å². The van der Waals surface area contributed by atoms with Crippen LogP contribution in [0.25, 0.3) is 0 Å². The quantitative estimate of drug-likeness (QED) is 0.465. The summed E-state index contributed by atoms with van der Waals surface area (Å²) in [6.07, 6.45) is 7.17. The van der Waals surface area contributed by atoms with Gasteiger partial charge in [-0.15, -0.1) is 0 Å². The van der Waals surface area contributed by atoms with Gasteiger partial charge in [-0.05, 0) is 32.6 Å². The highest BCUT2D eigenvalue weighted by atomic mass is 15.3. The van der Waals surface area contributed by atoms with E-state index in [4.69, 9.17) is 0 Å². The summed E-state index contributed by atoms with van der Waals surface area (Å²) in [5.41, 5.74) is 0. The zero-order valence-corrected chi connectivity index (χ0v) is 9.46. The van der Waals surface area contributed by atoms with Crippen LogP contribution in [0.3, 0.4) is 0 Å². The molecule has 1 aliphatic rings. The standard InChI is InChI=1S/C12H23N/c1-10(2)7-5-6-8-12-9-13(12)11(3)4/h5-6,10-12H,7-9H2,1-4H3. The summed E-state index contributed by atoms with van der Waals surface area (Å²) in [7, 11) is 0. The number of hydrogen-bond donors (Lipinski definition) is 0. The molecule has 1 heteroatoms. The molecule has 0 amide bonds. The Labute approximate surface area is 82.8 Å². The summed E-state index contributed by atoms with van der Waals surface area (Å²) in [5, 5.41) is 0. The van der Waals surface area contributed by atoms with Gasteiger partial charge in [0.1, 0.15) is 0 Å². The van der Waals surface area contributed by atoms with Crippen molar-refractivity contribution in [1.29, 1.82) is 0 Å². The number of allylic oxidation sites excluding steroid dienone is 1. The predicted molar refractivity (Wildman–Crippen MR) is 58.8 cm³/mol. The van der Waals surface area contributed by atoms with Crippen LogP contribution in [0.15, 0.2) is 12.2 Å². The zero-order chi connectivity index (χ0) is 9.84. The van der Waals surface area contributed by atoms with E-state index in [-0.39, 0.29) is 0 Å². The van der Waals surface area contributed by atoms with Gasteiger partial charge < -0.3 is 0 Å². The summed E-state index contributed by atoms with van der Waals surface area (Å²) >= 11 is 0. The highest BCUT2D eigenvalue weighted by molar-refractivity contribution is 4.98. The van der Waals surface area contributed by atoms with E-state index in [0.717, 1.165) is 18.0 Å². The molecule has 1 aliphatic heterocycles. The molecule has 1 heterocycles. The minimum absolute atomic E-state index is 0.739. The van der Waals surface area contributed by atoms with Crippen molar-refractivity contribution in [3.63, 3.8) is 0 Å². The maximum Gasteiger partial charge on any atom is 0.0261 e. The van der Waals surface area contributed by atoms with Gasteiger partial charge in [-0.3, -0.25) is 4.90 Å². The molecule has 13 heavy (non-hydrogen) atoms. The first-order chi connectivity index (χ1) is 6.11. The van der Waals surface area contributed by atoms with Crippen molar-refractivity contribution < 1.29 is 0 Å². The average Bonchev–Trinajstić information content (AvgIpc) is 2.76. The van der Waals surface area contributed by atoms with E-state index in [9.17, 15) is 0 Å². The minimum Gasteiger partial charge on any atom is -0.295 e. The van der Waals surface area contributed by atoms with Crippen molar-refractivity contribution in [2.45, 2.75) is 52.6 Å². The average molecular weight is 181 g/mol. The second-order valence-corrected chi connectivity index (χ2v) is 4.78. The van der Waals surface area contributed by atoms with Gasteiger partial charge in [0.25, 0.3) is 0 Å². The molecule has 1 saturated heterocycles. The second-order valence-electron chi connectivity index (χ2n) is 4.78. The lowest BCUT2D eigenvalue weighted by atomic mass is 10.1. The molecule has 0 spiro atoms. The van der Waals surface area contributed by atoms with E-state index in [2.05, 4.69) is 44.7 Å². The van der Waals surface area contributed by atoms with Gasteiger partial charge in [-0.2, -0.15) is 0 Å². The molecule has 2 atom stereocenters. The molecule has 2 unspecified atom stereocenters. The van der Waals surface area contributed by atoms with Crippen molar-refractivity contribution in [2.24, 2.45) is 5.92 Å². The largest absolute Gasteiger partial charge is 0.295 e. The van der Waals surface area contributed by atoms with Crippen LogP contribution in [0.4, 0.5) is 0 Å². The molecular weight excluding hydrogens is 158 g/mol. The Morgan fingerprint density at radius 1 is 1.23 bits per heavy atom. The van der Waals surface area contributed by atoms with Crippen LogP contribution in [0.5, 0.6) is 0 Å². The molecule has 76 valence electrons. The molecule has 0 aromatic rings. The highest BCUT2D eigenvalue weighted by Gasteiger charge is 2.34. The van der Waals surface area contributed by atoms with Crippen LogP contribution in [0.2, 0.25) is 0 Å². The summed E-state index contributed by atoms with van der Waals surface area (Å²) < 4.78 is 0. The number of hydrogen-bond acceptors (Lipinski definition) is 1. The Kier molecular flexibility index (Phi) is 3.98. The third kappa shape index (κ3) is 3.95. The number of nitrogens with zero attached hydrogens (tertiary/aromatic N) is 1. The van der Waals surface area contributed by atoms with E-state index in [0.29, 0.717) is 0 Å². The molecule has 0 bridgehead atoms. The molecule has 0 aliphatic carbocycles. The van der Waals surface area contributed by atoms with Crippen molar-refractivity contribution in [3.05, 3.63) is 12.2 Å². The van der Waals surface area contributed by atoms with E-state index in [1.807, 2.05) is 0 Å². The summed E-state index contributed by atoms with van der Waals surface area (Å²) in [6.45, 7) is 10.4. The van der Waals surface area contributed by atoms with Crippen molar-refractivity contribution in [1.82, 2.24) is 4.90 Å². The topological polar surface area (TPSA) is 3.01 Å². The Balaban J connectivity index is 2.05. The summed E-state index contributed by atoms with van der Waals surface area (Å²) in [6, 6.07) is 1.59. The second kappa shape index (κ2) is 4.80. The van der Waals surface area contributed by atoms with Gasteiger partial charge in [0.2, 0.25) is 0 Å². The lowest BCUT2D eigenvalue weighted by Crippen LogP contribution is -2.11. The fourth-order valence-electron chi connectivity index (χ4n) is 1.66. The molecular formula is C12H23N. The Hall–Kier alpha value is -0.300. The SMILES string of the molecule is CC(C)CC=CCC1CN1C(C)C. The van der Waals surface area contributed by atoms with Crippen LogP contribution < -0.4 is 0 Å². The fourth-order valence-corrected chi connectivity index (χ4v) is 1.66. The first-order valence-corrected chi connectivity index (χ1v) is 5.52. The molecule has 0 saturated carbocycles. The highest BCUT2D eigenvalue weighted by Crippen LogP contribution is 2.24. The first kappa shape index (κ1) is 10.8. The third-order valence-corrected chi connectivity index (χ3v) is 2.60. The summed E-state index contributed by atoms with van der Waals surface area (Å²) in [4.78, 5) is 2.54. The molecule has 0 aromatic carbocycles. The van der Waals surface area contributed by atoms with E-state index in [1.165, 1.54) is 19.4 Å². The van der Waals surface area contributed by atoms with Crippen LogP contribution in [0.1, 0.15) is 40.5 Å². The lowest BCUT2D eigenvalue weighted by molar-refractivity contribution is 0.421. The van der Waals surface area contributed by atoms with Gasteiger partial charge in [-0.25, -0.2) is 0 Å². The first-order valence-electron chi connectivity index (χ1n) is 5.52. The monoisotopic (exact) mass is 181 g/mol. The minimum atomic E-state index is 0.739. The molecule has 1 rings (SSSR count). The zero-order valence-electron chi connectivity index (χ0n) is 9.46. The van der Waals surface area contributed by atoms with Crippen molar-refractivity contribution in [2.75, 3.05) is 6.54 Å². The molecule has 1 fully saturated rings. The molecule has 0 aromatic heterocycles. The number of rotatable bonds is 5. The normalized spacial score (nSPS) is 27.8. The molecule has 0 radical (unpaired) electrons. The fraction of sp³-hybridized carbons (Fsp3) is 0.833. The smallest absolute Gasteiger partial charge is 0.0261 e. The predicted octanol–water partition coefficient (Wildman–Crippen LogP) is 3.07. The Morgan fingerprint density at radius 3 is 2.38 bits per heavy atom. The van der Waals surface area contributed by atoms with Gasteiger partial charge in [-0.1, -0.05) is 26.0 Å². The Bertz CT molecular complexity index is 170. The van der Waals surface area contributed by atoms with Gasteiger partial charge >= 0.3 is 0 Å². The van der Waals surface area contributed by atoms with E-state index >= 15 is 0 Å². The van der Waals surface area contributed by atoms with Crippen LogP contribution >= 0.6 is 0 Å². The van der Waals surface area contributed by atoms with Crippen LogP contribution in [-0.4, -0.2) is 23.5 Å². The van der Waals surface area contributed by atoms with Crippen molar-refractivity contribution >= 4 is 0 Å². The van der Waals surface area contributed by atoms with Crippen LogP contribution in [0, 0.1) is 5.92 Å². The van der Waals surface area contributed by atoms with Crippen LogP contribution in [-0.2, 0) is 0 Å². The molecule has 0 N–H and O–H groups in total. The lowest BCUT2D eigenvalue weighted by Gasteiger charge is -2.05. The summed E-state index contributed by atoms with van der Waals surface area (Å²) in [5.74, 6) is 0.802. The van der Waals surface area contributed by atoms with Gasteiger partial charge in [0.05, 0.1) is 0 Å². The maximum absolute atomic E-state index is 2.54. The molecule has 1 nitrogen and oxygen atoms in total.